The maximum Gasteiger partial charge on any atom is 0.254 e. The second kappa shape index (κ2) is 6.46. The first-order chi connectivity index (χ1) is 13.3. The molecule has 1 unspecified atom stereocenters. The van der Waals surface area contributed by atoms with Crippen molar-refractivity contribution in [3.8, 4) is 11.3 Å². The van der Waals surface area contributed by atoms with E-state index in [1.54, 1.807) is 4.52 Å². The van der Waals surface area contributed by atoms with Gasteiger partial charge in [-0.1, -0.05) is 30.3 Å². The number of nitrogens with zero attached hydrogens (tertiary/aromatic N) is 7. The van der Waals surface area contributed by atoms with E-state index in [0.29, 0.717) is 5.78 Å². The summed E-state index contributed by atoms with van der Waals surface area (Å²) >= 11 is 0. The van der Waals surface area contributed by atoms with Crippen LogP contribution in [0.3, 0.4) is 0 Å². The molecule has 1 atom stereocenters. The van der Waals surface area contributed by atoms with E-state index in [-0.39, 0.29) is 6.04 Å². The van der Waals surface area contributed by atoms with Crippen LogP contribution in [0.15, 0.2) is 42.7 Å². The summed E-state index contributed by atoms with van der Waals surface area (Å²) in [4.78, 5) is 8.90. The number of anilines is 1. The van der Waals surface area contributed by atoms with Gasteiger partial charge in [-0.15, -0.1) is 10.2 Å². The van der Waals surface area contributed by atoms with Gasteiger partial charge < -0.3 is 9.88 Å². The molecule has 27 heavy (non-hydrogen) atoms. The van der Waals surface area contributed by atoms with Gasteiger partial charge >= 0.3 is 0 Å². The molecule has 8 nitrogen and oxygen atoms in total. The Hall–Kier alpha value is -3.29. The van der Waals surface area contributed by atoms with E-state index in [0.717, 1.165) is 41.7 Å². The van der Waals surface area contributed by atoms with Gasteiger partial charge in [0.25, 0.3) is 5.78 Å². The van der Waals surface area contributed by atoms with Crippen LogP contribution in [-0.2, 0) is 13.0 Å². The highest BCUT2D eigenvalue weighted by Gasteiger charge is 2.21. The molecule has 0 saturated heterocycles. The Morgan fingerprint density at radius 2 is 2.00 bits per heavy atom. The van der Waals surface area contributed by atoms with Gasteiger partial charge in [-0.3, -0.25) is 0 Å². The van der Waals surface area contributed by atoms with Gasteiger partial charge in [0.15, 0.2) is 5.82 Å². The summed E-state index contributed by atoms with van der Waals surface area (Å²) in [6.45, 7) is 3.07. The molecule has 4 heterocycles. The average Bonchev–Trinajstić information content (AvgIpc) is 3.35. The lowest BCUT2D eigenvalue weighted by Gasteiger charge is -2.20. The quantitative estimate of drug-likeness (QED) is 0.602. The Morgan fingerprint density at radius 3 is 2.89 bits per heavy atom. The number of rotatable bonds is 4. The fraction of sp³-hybridized carbons (Fsp3) is 0.316. The van der Waals surface area contributed by atoms with Crippen LogP contribution in [0.5, 0.6) is 0 Å². The van der Waals surface area contributed by atoms with Crippen LogP contribution in [-0.4, -0.2) is 34.3 Å². The smallest absolute Gasteiger partial charge is 0.254 e. The molecule has 0 spiro atoms. The first-order valence-corrected chi connectivity index (χ1v) is 9.24. The molecular weight excluding hydrogens is 340 g/mol. The van der Waals surface area contributed by atoms with Gasteiger partial charge in [0.1, 0.15) is 18.0 Å². The minimum atomic E-state index is -0.0113. The number of aromatic nitrogens is 7. The fourth-order valence-electron chi connectivity index (χ4n) is 3.61. The van der Waals surface area contributed by atoms with E-state index in [1.807, 2.05) is 36.4 Å². The second-order valence-corrected chi connectivity index (χ2v) is 6.81. The zero-order valence-corrected chi connectivity index (χ0v) is 15.1. The van der Waals surface area contributed by atoms with Crippen molar-refractivity contribution in [2.24, 2.45) is 0 Å². The van der Waals surface area contributed by atoms with Gasteiger partial charge in [-0.2, -0.15) is 14.6 Å². The average molecular weight is 360 g/mol. The predicted molar refractivity (Wildman–Crippen MR) is 101 cm³/mol. The normalized spacial score (nSPS) is 14.9. The zero-order chi connectivity index (χ0) is 18.2. The molecule has 136 valence electrons. The molecule has 8 heteroatoms. The summed E-state index contributed by atoms with van der Waals surface area (Å²) < 4.78 is 3.95. The van der Waals surface area contributed by atoms with E-state index >= 15 is 0 Å². The molecule has 0 bridgehead atoms. The summed E-state index contributed by atoms with van der Waals surface area (Å²) in [5.74, 6) is 3.43. The topological polar surface area (TPSA) is 85.8 Å². The van der Waals surface area contributed by atoms with Crippen LogP contribution < -0.4 is 5.32 Å². The largest absolute Gasteiger partial charge is 0.360 e. The zero-order valence-electron chi connectivity index (χ0n) is 15.1. The number of aryl methyl sites for hydroxylation is 1. The monoisotopic (exact) mass is 360 g/mol. The van der Waals surface area contributed by atoms with E-state index in [9.17, 15) is 0 Å². The van der Waals surface area contributed by atoms with Crippen molar-refractivity contribution in [3.63, 3.8) is 0 Å². The summed E-state index contributed by atoms with van der Waals surface area (Å²) in [6.07, 6.45) is 4.88. The Morgan fingerprint density at radius 1 is 1.11 bits per heavy atom. The minimum Gasteiger partial charge on any atom is -0.360 e. The molecule has 0 amide bonds. The van der Waals surface area contributed by atoms with Crippen LogP contribution in [0.2, 0.25) is 0 Å². The molecule has 0 fully saturated rings. The summed E-state index contributed by atoms with van der Waals surface area (Å²) in [7, 11) is 0. The van der Waals surface area contributed by atoms with Gasteiger partial charge in [0.05, 0.1) is 11.7 Å². The SMILES string of the molecule is CC(Nc1cc(-c2ccccc2)nc2ncnn12)c1nnc2n1CCCC2. The Labute approximate surface area is 156 Å². The van der Waals surface area contributed by atoms with E-state index in [4.69, 9.17) is 0 Å². The maximum absolute atomic E-state index is 4.62. The highest BCUT2D eigenvalue weighted by molar-refractivity contribution is 5.65. The standard InChI is InChI=1S/C19H20N8/c1-13(18-25-24-16-9-5-6-10-26(16)18)22-17-11-15(14-7-3-2-4-8-14)23-19-20-12-21-27(17)19/h2-4,7-8,11-13,22H,5-6,9-10H2,1H3. The lowest BCUT2D eigenvalue weighted by Crippen LogP contribution is -2.19. The summed E-state index contributed by atoms with van der Waals surface area (Å²) in [5.41, 5.74) is 1.90. The van der Waals surface area contributed by atoms with Crippen molar-refractivity contribution in [1.29, 1.82) is 0 Å². The second-order valence-electron chi connectivity index (χ2n) is 6.81. The number of hydrogen-bond donors (Lipinski definition) is 1. The van der Waals surface area contributed by atoms with Crippen molar-refractivity contribution in [1.82, 2.24) is 34.3 Å². The number of hydrogen-bond acceptors (Lipinski definition) is 6. The first-order valence-electron chi connectivity index (χ1n) is 9.24. The Kier molecular flexibility index (Phi) is 3.81. The highest BCUT2D eigenvalue weighted by Crippen LogP contribution is 2.25. The van der Waals surface area contributed by atoms with Gasteiger partial charge in [-0.05, 0) is 19.8 Å². The molecule has 4 aromatic rings. The van der Waals surface area contributed by atoms with Crippen LogP contribution in [0.4, 0.5) is 5.82 Å². The minimum absolute atomic E-state index is 0.0113. The van der Waals surface area contributed by atoms with Crippen molar-refractivity contribution in [2.45, 2.75) is 38.8 Å². The van der Waals surface area contributed by atoms with Crippen LogP contribution in [0.25, 0.3) is 17.0 Å². The van der Waals surface area contributed by atoms with E-state index < -0.39 is 0 Å². The van der Waals surface area contributed by atoms with Crippen molar-refractivity contribution in [2.75, 3.05) is 5.32 Å². The lowest BCUT2D eigenvalue weighted by atomic mass is 10.1. The van der Waals surface area contributed by atoms with E-state index in [1.165, 1.54) is 19.2 Å². The number of nitrogens with one attached hydrogen (secondary N) is 1. The van der Waals surface area contributed by atoms with Gasteiger partial charge in [-0.25, -0.2) is 4.98 Å². The third kappa shape index (κ3) is 2.83. The van der Waals surface area contributed by atoms with Crippen LogP contribution in [0.1, 0.15) is 37.5 Å². The molecule has 0 aliphatic carbocycles. The Bertz CT molecular complexity index is 1080. The Balaban J connectivity index is 1.53. The highest BCUT2D eigenvalue weighted by atomic mass is 15.4. The van der Waals surface area contributed by atoms with Gasteiger partial charge in [0, 0.05) is 24.6 Å². The lowest BCUT2D eigenvalue weighted by molar-refractivity contribution is 0.500. The molecule has 1 aliphatic rings. The van der Waals surface area contributed by atoms with Gasteiger partial charge in [0.2, 0.25) is 0 Å². The summed E-state index contributed by atoms with van der Waals surface area (Å²) in [6, 6.07) is 12.1. The molecule has 1 N–H and O–H groups in total. The molecule has 5 rings (SSSR count). The number of fused-ring (bicyclic) bond motifs is 2. The predicted octanol–water partition coefficient (Wildman–Crippen LogP) is 2.89. The molecule has 0 saturated carbocycles. The third-order valence-electron chi connectivity index (χ3n) is 4.96. The van der Waals surface area contributed by atoms with Crippen molar-refractivity contribution >= 4 is 11.6 Å². The molecular formula is C19H20N8. The molecule has 1 aliphatic heterocycles. The molecule has 3 aromatic heterocycles. The van der Waals surface area contributed by atoms with Crippen LogP contribution >= 0.6 is 0 Å². The fourth-order valence-corrected chi connectivity index (χ4v) is 3.61. The van der Waals surface area contributed by atoms with Crippen molar-refractivity contribution < 1.29 is 0 Å². The van der Waals surface area contributed by atoms with Crippen LogP contribution in [0, 0.1) is 0 Å². The van der Waals surface area contributed by atoms with E-state index in [2.05, 4.69) is 42.1 Å². The molecule has 0 radical (unpaired) electrons. The summed E-state index contributed by atoms with van der Waals surface area (Å²) in [5, 5.41) is 16.6. The number of benzene rings is 1. The first kappa shape index (κ1) is 15.9. The maximum atomic E-state index is 4.62. The molecule has 1 aromatic carbocycles. The third-order valence-corrected chi connectivity index (χ3v) is 4.96. The van der Waals surface area contributed by atoms with Crippen molar-refractivity contribution in [3.05, 3.63) is 54.4 Å².